The topological polar surface area (TPSA) is 85.3 Å². The summed E-state index contributed by atoms with van der Waals surface area (Å²) < 4.78 is 7.77. The average Bonchev–Trinajstić information content (AvgIpc) is 3.01. The van der Waals surface area contributed by atoms with Crippen LogP contribution >= 0.6 is 11.6 Å². The third kappa shape index (κ3) is 4.51. The van der Waals surface area contributed by atoms with Crippen molar-refractivity contribution >= 4 is 34.4 Å². The van der Waals surface area contributed by atoms with Gasteiger partial charge in [-0.2, -0.15) is 0 Å². The Bertz CT molecular complexity index is 1060. The van der Waals surface area contributed by atoms with E-state index in [9.17, 15) is 9.59 Å². The van der Waals surface area contributed by atoms with Crippen molar-refractivity contribution in [3.8, 4) is 5.75 Å². The average molecular weight is 415 g/mol. The SMILES string of the molecule is CCn1c(C)nc2cc(C(=O)NNC(=O)C(C)(C)Oc3ccc(Cl)cc3)ccc21. The first-order valence-electron chi connectivity index (χ1n) is 9.23. The van der Waals surface area contributed by atoms with Crippen molar-refractivity contribution in [1.29, 1.82) is 0 Å². The zero-order chi connectivity index (χ0) is 21.2. The summed E-state index contributed by atoms with van der Waals surface area (Å²) in [6.45, 7) is 7.97. The van der Waals surface area contributed by atoms with Crippen LogP contribution in [0, 0.1) is 6.92 Å². The van der Waals surface area contributed by atoms with Gasteiger partial charge in [0.15, 0.2) is 5.60 Å². The molecular formula is C21H23ClN4O3. The molecule has 7 nitrogen and oxygen atoms in total. The summed E-state index contributed by atoms with van der Waals surface area (Å²) in [5.74, 6) is 0.446. The van der Waals surface area contributed by atoms with Gasteiger partial charge >= 0.3 is 0 Å². The quantitative estimate of drug-likeness (QED) is 0.624. The smallest absolute Gasteiger partial charge is 0.281 e. The maximum atomic E-state index is 12.5. The Morgan fingerprint density at radius 3 is 2.48 bits per heavy atom. The first-order valence-corrected chi connectivity index (χ1v) is 9.61. The number of halogens is 1. The van der Waals surface area contributed by atoms with Crippen LogP contribution in [0.4, 0.5) is 0 Å². The Morgan fingerprint density at radius 2 is 1.83 bits per heavy atom. The second-order valence-electron chi connectivity index (χ2n) is 7.08. The van der Waals surface area contributed by atoms with Gasteiger partial charge in [0.1, 0.15) is 11.6 Å². The van der Waals surface area contributed by atoms with E-state index in [-0.39, 0.29) is 0 Å². The number of amides is 2. The van der Waals surface area contributed by atoms with Gasteiger partial charge in [0.25, 0.3) is 11.8 Å². The summed E-state index contributed by atoms with van der Waals surface area (Å²) in [6, 6.07) is 11.9. The highest BCUT2D eigenvalue weighted by atomic mass is 35.5. The van der Waals surface area contributed by atoms with Crippen LogP contribution in [0.3, 0.4) is 0 Å². The second kappa shape index (κ2) is 8.13. The number of hydrogen-bond donors (Lipinski definition) is 2. The Balaban J connectivity index is 1.65. The molecule has 8 heteroatoms. The lowest BCUT2D eigenvalue weighted by Gasteiger charge is -2.25. The number of nitrogens with one attached hydrogen (secondary N) is 2. The van der Waals surface area contributed by atoms with Crippen molar-refractivity contribution in [2.75, 3.05) is 0 Å². The van der Waals surface area contributed by atoms with E-state index >= 15 is 0 Å². The minimum atomic E-state index is -1.21. The number of aryl methyl sites for hydroxylation is 2. The first-order chi connectivity index (χ1) is 13.7. The van der Waals surface area contributed by atoms with Gasteiger partial charge in [-0.25, -0.2) is 4.98 Å². The van der Waals surface area contributed by atoms with Crippen LogP contribution in [0.25, 0.3) is 11.0 Å². The molecule has 2 N–H and O–H groups in total. The molecule has 0 radical (unpaired) electrons. The van der Waals surface area contributed by atoms with Gasteiger partial charge in [-0.1, -0.05) is 11.6 Å². The lowest BCUT2D eigenvalue weighted by molar-refractivity contribution is -0.135. The minimum absolute atomic E-state index is 0.398. The summed E-state index contributed by atoms with van der Waals surface area (Å²) >= 11 is 5.85. The zero-order valence-corrected chi connectivity index (χ0v) is 17.5. The lowest BCUT2D eigenvalue weighted by Crippen LogP contribution is -2.53. The Labute approximate surface area is 174 Å². The number of rotatable bonds is 5. The number of carbonyl (C=O) groups is 2. The maximum Gasteiger partial charge on any atom is 0.281 e. The van der Waals surface area contributed by atoms with Crippen molar-refractivity contribution in [2.24, 2.45) is 0 Å². The van der Waals surface area contributed by atoms with E-state index < -0.39 is 17.4 Å². The number of hydrazine groups is 1. The molecule has 0 saturated heterocycles. The van der Waals surface area contributed by atoms with Gasteiger partial charge < -0.3 is 9.30 Å². The van der Waals surface area contributed by atoms with Crippen molar-refractivity contribution in [1.82, 2.24) is 20.4 Å². The summed E-state index contributed by atoms with van der Waals surface area (Å²) in [7, 11) is 0. The third-order valence-electron chi connectivity index (χ3n) is 4.54. The van der Waals surface area contributed by atoms with Crippen LogP contribution in [-0.2, 0) is 11.3 Å². The Hall–Kier alpha value is -3.06. The molecule has 0 fully saturated rings. The molecule has 0 spiro atoms. The molecule has 2 amide bonds. The van der Waals surface area contributed by atoms with Crippen LogP contribution in [0.5, 0.6) is 5.75 Å². The molecule has 29 heavy (non-hydrogen) atoms. The lowest BCUT2D eigenvalue weighted by atomic mass is 10.1. The molecule has 3 aromatic rings. The maximum absolute atomic E-state index is 12.5. The molecule has 3 rings (SSSR count). The van der Waals surface area contributed by atoms with E-state index in [1.165, 1.54) is 0 Å². The van der Waals surface area contributed by atoms with Crippen LogP contribution in [-0.4, -0.2) is 27.0 Å². The molecule has 1 aromatic heterocycles. The van der Waals surface area contributed by atoms with E-state index in [1.807, 2.05) is 19.9 Å². The van der Waals surface area contributed by atoms with Gasteiger partial charge in [-0.05, 0) is 70.2 Å². The predicted molar refractivity (Wildman–Crippen MR) is 112 cm³/mol. The van der Waals surface area contributed by atoms with Gasteiger partial charge in [0, 0.05) is 17.1 Å². The largest absolute Gasteiger partial charge is 0.478 e. The van der Waals surface area contributed by atoms with Gasteiger partial charge in [-0.15, -0.1) is 0 Å². The van der Waals surface area contributed by atoms with Gasteiger partial charge in [0.05, 0.1) is 11.0 Å². The normalized spacial score (nSPS) is 11.3. The Morgan fingerprint density at radius 1 is 1.14 bits per heavy atom. The van der Waals surface area contributed by atoms with E-state index in [2.05, 4.69) is 20.4 Å². The van der Waals surface area contributed by atoms with Crippen molar-refractivity contribution in [3.05, 3.63) is 58.9 Å². The van der Waals surface area contributed by atoms with E-state index in [1.54, 1.807) is 50.2 Å². The highest BCUT2D eigenvalue weighted by Gasteiger charge is 2.30. The number of hydrogen-bond acceptors (Lipinski definition) is 4. The summed E-state index contributed by atoms with van der Waals surface area (Å²) in [5, 5.41) is 0.572. The van der Waals surface area contributed by atoms with Crippen molar-refractivity contribution in [3.63, 3.8) is 0 Å². The number of ether oxygens (including phenoxy) is 1. The van der Waals surface area contributed by atoms with Gasteiger partial charge in [-0.3, -0.25) is 20.4 Å². The van der Waals surface area contributed by atoms with Gasteiger partial charge in [0.2, 0.25) is 0 Å². The van der Waals surface area contributed by atoms with Crippen molar-refractivity contribution < 1.29 is 14.3 Å². The van der Waals surface area contributed by atoms with E-state index in [0.717, 1.165) is 23.4 Å². The number of carbonyl (C=O) groups excluding carboxylic acids is 2. The van der Waals surface area contributed by atoms with Crippen LogP contribution in [0.2, 0.25) is 5.02 Å². The standard InChI is InChI=1S/C21H23ClN4O3/c1-5-26-13(2)23-17-12-14(6-11-18(17)26)19(27)24-25-20(28)21(3,4)29-16-9-7-15(22)8-10-16/h6-12H,5H2,1-4H3,(H,24,27)(H,25,28). The number of aromatic nitrogens is 2. The minimum Gasteiger partial charge on any atom is -0.478 e. The monoisotopic (exact) mass is 414 g/mol. The molecule has 0 aliphatic heterocycles. The fourth-order valence-electron chi connectivity index (χ4n) is 2.97. The predicted octanol–water partition coefficient (Wildman–Crippen LogP) is 3.64. The molecule has 0 aliphatic rings. The fourth-order valence-corrected chi connectivity index (χ4v) is 3.10. The summed E-state index contributed by atoms with van der Waals surface area (Å²) in [5.41, 5.74) is 5.72. The number of imidazole rings is 1. The molecule has 0 saturated carbocycles. The third-order valence-corrected chi connectivity index (χ3v) is 4.79. The molecule has 0 unspecified atom stereocenters. The second-order valence-corrected chi connectivity index (χ2v) is 7.52. The van der Waals surface area contributed by atoms with E-state index in [4.69, 9.17) is 16.3 Å². The fraction of sp³-hybridized carbons (Fsp3) is 0.286. The highest BCUT2D eigenvalue weighted by molar-refractivity contribution is 6.30. The summed E-state index contributed by atoms with van der Waals surface area (Å²) in [6.07, 6.45) is 0. The van der Waals surface area contributed by atoms with Crippen LogP contribution in [0.1, 0.15) is 37.0 Å². The number of fused-ring (bicyclic) bond motifs is 1. The number of nitrogens with zero attached hydrogens (tertiary/aromatic N) is 2. The molecule has 2 aromatic carbocycles. The Kier molecular flexibility index (Phi) is 5.79. The van der Waals surface area contributed by atoms with E-state index in [0.29, 0.717) is 16.3 Å². The van der Waals surface area contributed by atoms with Crippen LogP contribution < -0.4 is 15.6 Å². The molecular weight excluding hydrogens is 392 g/mol. The van der Waals surface area contributed by atoms with Crippen molar-refractivity contribution in [2.45, 2.75) is 39.8 Å². The molecule has 0 aliphatic carbocycles. The number of benzene rings is 2. The molecule has 0 bridgehead atoms. The molecule has 0 atom stereocenters. The highest BCUT2D eigenvalue weighted by Crippen LogP contribution is 2.21. The molecule has 152 valence electrons. The first kappa shape index (κ1) is 20.7. The zero-order valence-electron chi connectivity index (χ0n) is 16.7. The molecule has 1 heterocycles. The summed E-state index contributed by atoms with van der Waals surface area (Å²) in [4.78, 5) is 29.4. The van der Waals surface area contributed by atoms with Crippen LogP contribution in [0.15, 0.2) is 42.5 Å².